The molecule has 2 aliphatic rings. The van der Waals surface area contributed by atoms with E-state index in [1.54, 1.807) is 0 Å². The minimum Gasteiger partial charge on any atom is -0.291 e. The molecular weight excluding hydrogens is 406 g/mol. The Balaban J connectivity index is 1.79. The van der Waals surface area contributed by atoms with Crippen LogP contribution in [0, 0.1) is 0 Å². The molecule has 0 amide bonds. The van der Waals surface area contributed by atoms with Crippen molar-refractivity contribution in [1.82, 2.24) is 5.43 Å². The van der Waals surface area contributed by atoms with Crippen LogP contribution in [0.2, 0.25) is 0 Å². The molecule has 4 aromatic rings. The molecule has 4 aromatic carbocycles. The van der Waals surface area contributed by atoms with E-state index in [0.717, 1.165) is 27.8 Å². The zero-order valence-electron chi connectivity index (χ0n) is 17.8. The third kappa shape index (κ3) is 2.55. The molecule has 0 saturated heterocycles. The lowest BCUT2D eigenvalue weighted by Crippen LogP contribution is -2.54. The van der Waals surface area contributed by atoms with Gasteiger partial charge in [-0.25, -0.2) is 0 Å². The van der Waals surface area contributed by atoms with E-state index in [2.05, 4.69) is 10.6 Å². The summed E-state index contributed by atoms with van der Waals surface area (Å²) >= 11 is 0. The first-order valence-corrected chi connectivity index (χ1v) is 11.0. The van der Waals surface area contributed by atoms with Gasteiger partial charge in [0.2, 0.25) is 0 Å². The first kappa shape index (κ1) is 19.4. The van der Waals surface area contributed by atoms with Crippen molar-refractivity contribution >= 4 is 16.9 Å². The molecule has 0 bridgehead atoms. The van der Waals surface area contributed by atoms with Gasteiger partial charge in [0.05, 0.1) is 0 Å². The summed E-state index contributed by atoms with van der Waals surface area (Å²) < 4.78 is 0. The SMILES string of the molecule is O=C1C(c2ccccc2)=C(c2ccccc2)C2(c3ccccc3)N=NNC12c1ccccc1. The van der Waals surface area contributed by atoms with Crippen molar-refractivity contribution in [3.05, 3.63) is 144 Å². The number of rotatable bonds is 4. The molecule has 6 rings (SSSR count). The van der Waals surface area contributed by atoms with Crippen LogP contribution in [-0.4, -0.2) is 5.78 Å². The number of nitrogens with zero attached hydrogens (tertiary/aromatic N) is 2. The Morgan fingerprint density at radius 3 is 1.64 bits per heavy atom. The fourth-order valence-electron chi connectivity index (χ4n) is 5.29. The van der Waals surface area contributed by atoms with Crippen LogP contribution in [-0.2, 0) is 15.9 Å². The monoisotopic (exact) mass is 427 g/mol. The molecule has 0 radical (unpaired) electrons. The van der Waals surface area contributed by atoms with Gasteiger partial charge < -0.3 is 0 Å². The number of hydrogen-bond donors (Lipinski definition) is 1. The van der Waals surface area contributed by atoms with Gasteiger partial charge in [-0.05, 0) is 22.3 Å². The van der Waals surface area contributed by atoms with Crippen molar-refractivity contribution in [2.75, 3.05) is 0 Å². The summed E-state index contributed by atoms with van der Waals surface area (Å²) in [5, 5.41) is 9.21. The average Bonchev–Trinajstić information content (AvgIpc) is 3.39. The maximum Gasteiger partial charge on any atom is 0.198 e. The summed E-state index contributed by atoms with van der Waals surface area (Å²) in [6.45, 7) is 0. The first-order chi connectivity index (χ1) is 16.3. The van der Waals surface area contributed by atoms with Gasteiger partial charge in [-0.2, -0.15) is 5.11 Å². The molecule has 1 aliphatic carbocycles. The molecule has 2 atom stereocenters. The van der Waals surface area contributed by atoms with Crippen molar-refractivity contribution in [3.63, 3.8) is 0 Å². The molecular formula is C29H21N3O. The third-order valence-electron chi connectivity index (χ3n) is 6.66. The predicted octanol–water partition coefficient (Wildman–Crippen LogP) is 5.94. The molecule has 1 N–H and O–H groups in total. The van der Waals surface area contributed by atoms with Crippen LogP contribution in [0.25, 0.3) is 11.1 Å². The van der Waals surface area contributed by atoms with Crippen LogP contribution in [0.1, 0.15) is 22.3 Å². The zero-order valence-corrected chi connectivity index (χ0v) is 17.8. The first-order valence-electron chi connectivity index (χ1n) is 11.0. The second-order valence-corrected chi connectivity index (χ2v) is 8.32. The van der Waals surface area contributed by atoms with Gasteiger partial charge in [0, 0.05) is 11.1 Å². The van der Waals surface area contributed by atoms with E-state index in [-0.39, 0.29) is 5.78 Å². The van der Waals surface area contributed by atoms with E-state index in [1.165, 1.54) is 0 Å². The van der Waals surface area contributed by atoms with E-state index < -0.39 is 11.1 Å². The lowest BCUT2D eigenvalue weighted by atomic mass is 9.67. The van der Waals surface area contributed by atoms with E-state index in [4.69, 9.17) is 5.11 Å². The van der Waals surface area contributed by atoms with Crippen LogP contribution in [0.5, 0.6) is 0 Å². The van der Waals surface area contributed by atoms with Crippen LogP contribution in [0.3, 0.4) is 0 Å². The number of benzene rings is 4. The normalized spacial score (nSPS) is 23.5. The van der Waals surface area contributed by atoms with Crippen molar-refractivity contribution < 1.29 is 4.79 Å². The number of ketones is 1. The number of hydrogen-bond acceptors (Lipinski definition) is 4. The van der Waals surface area contributed by atoms with Gasteiger partial charge >= 0.3 is 0 Å². The summed E-state index contributed by atoms with van der Waals surface area (Å²) in [6, 6.07) is 39.8. The Hall–Kier alpha value is -4.31. The standard InChI is InChI=1S/C29H21N3O/c33-27-25(21-13-5-1-6-14-21)26(22-15-7-2-8-16-22)28(23-17-9-3-10-18-23)29(27,31-32-30-28)24-19-11-4-12-20-24/h1-20H,(H,30,31). The summed E-state index contributed by atoms with van der Waals surface area (Å²) in [5.41, 5.74) is 6.07. The number of Topliss-reactive ketones (excluding diaryl/α,β-unsaturated/α-hetero) is 1. The van der Waals surface area contributed by atoms with Gasteiger partial charge in [-0.15, -0.1) is 0 Å². The minimum atomic E-state index is -1.19. The molecule has 2 unspecified atom stereocenters. The topological polar surface area (TPSA) is 53.8 Å². The van der Waals surface area contributed by atoms with Crippen molar-refractivity contribution in [1.29, 1.82) is 0 Å². The highest BCUT2D eigenvalue weighted by atomic mass is 16.1. The summed E-state index contributed by atoms with van der Waals surface area (Å²) in [5.74, 6) is -0.0346. The smallest absolute Gasteiger partial charge is 0.198 e. The largest absolute Gasteiger partial charge is 0.291 e. The number of carbonyl (C=O) groups excluding carboxylic acids is 1. The Labute approximate surface area is 192 Å². The molecule has 1 heterocycles. The number of fused-ring (bicyclic) bond motifs is 1. The highest BCUT2D eigenvalue weighted by molar-refractivity contribution is 6.37. The van der Waals surface area contributed by atoms with Crippen molar-refractivity contribution in [2.45, 2.75) is 11.1 Å². The molecule has 33 heavy (non-hydrogen) atoms. The van der Waals surface area contributed by atoms with Crippen molar-refractivity contribution in [3.8, 4) is 0 Å². The third-order valence-corrected chi connectivity index (χ3v) is 6.66. The van der Waals surface area contributed by atoms with Gasteiger partial charge in [0.15, 0.2) is 16.9 Å². The molecule has 0 saturated carbocycles. The van der Waals surface area contributed by atoms with Gasteiger partial charge in [0.1, 0.15) is 0 Å². The van der Waals surface area contributed by atoms with Crippen LogP contribution < -0.4 is 5.43 Å². The van der Waals surface area contributed by atoms with Gasteiger partial charge in [-0.1, -0.05) is 127 Å². The molecule has 1 aliphatic heterocycles. The number of nitrogens with one attached hydrogen (secondary N) is 1. The molecule has 158 valence electrons. The maximum absolute atomic E-state index is 14.6. The van der Waals surface area contributed by atoms with Gasteiger partial charge in [0.25, 0.3) is 0 Å². The summed E-state index contributed by atoms with van der Waals surface area (Å²) in [7, 11) is 0. The second kappa shape index (κ2) is 7.38. The Bertz CT molecular complexity index is 1380. The van der Waals surface area contributed by atoms with Gasteiger partial charge in [-0.3, -0.25) is 10.2 Å². The zero-order chi connectivity index (χ0) is 22.3. The van der Waals surface area contributed by atoms with E-state index in [0.29, 0.717) is 5.57 Å². The predicted molar refractivity (Wildman–Crippen MR) is 129 cm³/mol. The quantitative estimate of drug-likeness (QED) is 0.438. The molecule has 0 fully saturated rings. The molecule has 4 heteroatoms. The molecule has 4 nitrogen and oxygen atoms in total. The van der Waals surface area contributed by atoms with E-state index in [1.807, 2.05) is 121 Å². The molecule has 0 spiro atoms. The van der Waals surface area contributed by atoms with E-state index in [9.17, 15) is 4.79 Å². The Kier molecular flexibility index (Phi) is 4.34. The second-order valence-electron chi connectivity index (χ2n) is 8.32. The Morgan fingerprint density at radius 1 is 0.576 bits per heavy atom. The number of carbonyl (C=O) groups is 1. The molecule has 0 aromatic heterocycles. The minimum absolute atomic E-state index is 0.0346. The summed E-state index contributed by atoms with van der Waals surface area (Å²) in [4.78, 5) is 14.6. The van der Waals surface area contributed by atoms with E-state index >= 15 is 0 Å². The Morgan fingerprint density at radius 2 is 1.06 bits per heavy atom. The fraction of sp³-hybridized carbons (Fsp3) is 0.0690. The van der Waals surface area contributed by atoms with Crippen molar-refractivity contribution in [2.24, 2.45) is 10.3 Å². The summed E-state index contributed by atoms with van der Waals surface area (Å²) in [6.07, 6.45) is 0. The lowest BCUT2D eigenvalue weighted by molar-refractivity contribution is -0.120. The lowest BCUT2D eigenvalue weighted by Gasteiger charge is -2.38. The maximum atomic E-state index is 14.6. The highest BCUT2D eigenvalue weighted by Gasteiger charge is 2.70. The van der Waals surface area contributed by atoms with Crippen LogP contribution >= 0.6 is 0 Å². The fourth-order valence-corrected chi connectivity index (χ4v) is 5.29. The highest BCUT2D eigenvalue weighted by Crippen LogP contribution is 2.63. The van der Waals surface area contributed by atoms with Crippen LogP contribution in [0.4, 0.5) is 0 Å². The van der Waals surface area contributed by atoms with Crippen LogP contribution in [0.15, 0.2) is 132 Å². The average molecular weight is 428 g/mol.